The molecule has 9 heteroatoms. The van der Waals surface area contributed by atoms with E-state index in [-0.39, 0.29) is 17.7 Å². The molecule has 1 aromatic heterocycles. The summed E-state index contributed by atoms with van der Waals surface area (Å²) in [4.78, 5) is 20.6. The Morgan fingerprint density at radius 2 is 1.90 bits per heavy atom. The number of halogens is 3. The van der Waals surface area contributed by atoms with E-state index in [0.29, 0.717) is 30.2 Å². The number of nitrogen functional groups attached to an aromatic ring is 1. The van der Waals surface area contributed by atoms with Crippen LogP contribution in [-0.4, -0.2) is 53.9 Å². The molecule has 29 heavy (non-hydrogen) atoms. The van der Waals surface area contributed by atoms with E-state index in [1.165, 1.54) is 24.4 Å². The quantitative estimate of drug-likeness (QED) is 0.815. The largest absolute Gasteiger partial charge is 0.416 e. The van der Waals surface area contributed by atoms with Gasteiger partial charge in [0.15, 0.2) is 0 Å². The number of likely N-dealkylation sites (N-methyl/N-ethyl adjacent to an activating group) is 1. The van der Waals surface area contributed by atoms with Gasteiger partial charge in [-0.25, -0.2) is 0 Å². The fourth-order valence-electron chi connectivity index (χ4n) is 3.19. The number of nitrogens with zero attached hydrogens (tertiary/aromatic N) is 3. The van der Waals surface area contributed by atoms with Crippen molar-refractivity contribution in [1.29, 1.82) is 0 Å². The molecule has 156 valence electrons. The molecule has 1 aliphatic heterocycles. The number of hydrogen-bond acceptors (Lipinski definition) is 5. The lowest BCUT2D eigenvalue weighted by molar-refractivity contribution is -0.138. The molecule has 1 aromatic carbocycles. The summed E-state index contributed by atoms with van der Waals surface area (Å²) in [5.41, 5.74) is 6.40. The van der Waals surface area contributed by atoms with Crippen molar-refractivity contribution in [2.45, 2.75) is 19.6 Å². The van der Waals surface area contributed by atoms with Crippen molar-refractivity contribution in [2.24, 2.45) is 0 Å². The Bertz CT molecular complexity index is 892. The standard InChI is InChI=1S/C20H24F3N5O/c1-13-18(24)10-16(11-25-13)26-19(29)14-3-4-15(17(9-14)20(21,22)23)12-28-7-5-27(2)6-8-28/h3-4,9-11H,5-8,12,24H2,1-2H3,(H,26,29). The minimum absolute atomic E-state index is 0.0707. The van der Waals surface area contributed by atoms with Gasteiger partial charge in [0.1, 0.15) is 0 Å². The summed E-state index contributed by atoms with van der Waals surface area (Å²) < 4.78 is 40.9. The van der Waals surface area contributed by atoms with Crippen LogP contribution >= 0.6 is 0 Å². The highest BCUT2D eigenvalue weighted by molar-refractivity contribution is 6.04. The molecule has 0 atom stereocenters. The molecule has 6 nitrogen and oxygen atoms in total. The van der Waals surface area contributed by atoms with E-state index < -0.39 is 17.6 Å². The molecule has 1 fully saturated rings. The monoisotopic (exact) mass is 407 g/mol. The lowest BCUT2D eigenvalue weighted by atomic mass is 10.0. The zero-order chi connectivity index (χ0) is 21.2. The third-order valence-electron chi connectivity index (χ3n) is 5.05. The Labute approximate surface area is 167 Å². The number of nitrogens with two attached hydrogens (primary N) is 1. The van der Waals surface area contributed by atoms with Gasteiger partial charge in [-0.1, -0.05) is 6.07 Å². The molecule has 0 aliphatic carbocycles. The van der Waals surface area contributed by atoms with Gasteiger partial charge in [0.05, 0.1) is 28.8 Å². The van der Waals surface area contributed by atoms with E-state index in [1.807, 2.05) is 11.9 Å². The zero-order valence-electron chi connectivity index (χ0n) is 16.4. The minimum Gasteiger partial charge on any atom is -0.397 e. The van der Waals surface area contributed by atoms with Crippen LogP contribution in [0.1, 0.15) is 27.2 Å². The predicted molar refractivity (Wildman–Crippen MR) is 106 cm³/mol. The van der Waals surface area contributed by atoms with Crippen LogP contribution in [0.2, 0.25) is 0 Å². The van der Waals surface area contributed by atoms with Crippen LogP contribution in [0.15, 0.2) is 30.5 Å². The van der Waals surface area contributed by atoms with Gasteiger partial charge in [-0.3, -0.25) is 14.7 Å². The number of amides is 1. The Morgan fingerprint density at radius 3 is 2.52 bits per heavy atom. The maximum absolute atomic E-state index is 13.6. The topological polar surface area (TPSA) is 74.5 Å². The van der Waals surface area contributed by atoms with Crippen molar-refractivity contribution in [3.8, 4) is 0 Å². The van der Waals surface area contributed by atoms with E-state index in [4.69, 9.17) is 5.73 Å². The average Bonchev–Trinajstić information content (AvgIpc) is 2.66. The lowest BCUT2D eigenvalue weighted by Gasteiger charge is -2.33. The fraction of sp³-hybridized carbons (Fsp3) is 0.400. The Balaban J connectivity index is 1.81. The summed E-state index contributed by atoms with van der Waals surface area (Å²) in [7, 11) is 1.99. The zero-order valence-corrected chi connectivity index (χ0v) is 16.4. The number of benzene rings is 1. The second-order valence-corrected chi connectivity index (χ2v) is 7.30. The predicted octanol–water partition coefficient (Wildman–Crippen LogP) is 2.99. The van der Waals surface area contributed by atoms with Crippen LogP contribution < -0.4 is 11.1 Å². The van der Waals surface area contributed by atoms with Crippen molar-refractivity contribution in [3.05, 3.63) is 52.8 Å². The number of carbonyl (C=O) groups is 1. The molecule has 1 aliphatic rings. The summed E-state index contributed by atoms with van der Waals surface area (Å²) in [6, 6.07) is 5.23. The van der Waals surface area contributed by atoms with Crippen molar-refractivity contribution in [1.82, 2.24) is 14.8 Å². The Kier molecular flexibility index (Phi) is 6.09. The number of carbonyl (C=O) groups excluding carboxylic acids is 1. The van der Waals surface area contributed by atoms with Crippen LogP contribution in [0, 0.1) is 6.92 Å². The maximum atomic E-state index is 13.6. The summed E-state index contributed by atoms with van der Waals surface area (Å²) in [5, 5.41) is 2.55. The minimum atomic E-state index is -4.55. The number of alkyl halides is 3. The molecule has 0 radical (unpaired) electrons. The highest BCUT2D eigenvalue weighted by Crippen LogP contribution is 2.33. The third-order valence-corrected chi connectivity index (χ3v) is 5.05. The molecule has 2 heterocycles. The molecular formula is C20H24F3N5O. The highest BCUT2D eigenvalue weighted by atomic mass is 19.4. The highest BCUT2D eigenvalue weighted by Gasteiger charge is 2.34. The van der Waals surface area contributed by atoms with Crippen LogP contribution in [0.3, 0.4) is 0 Å². The summed E-state index contributed by atoms with van der Waals surface area (Å²) in [6.45, 7) is 4.96. The number of pyridine rings is 1. The van der Waals surface area contributed by atoms with Crippen LogP contribution in [0.4, 0.5) is 24.5 Å². The van der Waals surface area contributed by atoms with E-state index >= 15 is 0 Å². The first-order valence-electron chi connectivity index (χ1n) is 9.28. The SMILES string of the molecule is Cc1ncc(NC(=O)c2ccc(CN3CCN(C)CC3)c(C(F)(F)F)c2)cc1N. The molecule has 0 unspecified atom stereocenters. The van der Waals surface area contributed by atoms with Gasteiger partial charge >= 0.3 is 6.18 Å². The molecule has 0 saturated carbocycles. The van der Waals surface area contributed by atoms with Crippen LogP contribution in [0.5, 0.6) is 0 Å². The molecule has 1 amide bonds. The van der Waals surface area contributed by atoms with Crippen molar-refractivity contribution in [3.63, 3.8) is 0 Å². The van der Waals surface area contributed by atoms with Gasteiger partial charge in [-0.2, -0.15) is 13.2 Å². The number of nitrogens with one attached hydrogen (secondary N) is 1. The van der Waals surface area contributed by atoms with Gasteiger partial charge < -0.3 is 16.0 Å². The second kappa shape index (κ2) is 8.38. The van der Waals surface area contributed by atoms with E-state index in [9.17, 15) is 18.0 Å². The maximum Gasteiger partial charge on any atom is 0.416 e. The number of piperazine rings is 1. The first kappa shape index (κ1) is 21.1. The molecule has 0 spiro atoms. The molecule has 1 saturated heterocycles. The average molecular weight is 407 g/mol. The van der Waals surface area contributed by atoms with E-state index in [1.54, 1.807) is 6.92 Å². The first-order chi connectivity index (χ1) is 13.6. The van der Waals surface area contributed by atoms with E-state index in [2.05, 4.69) is 15.2 Å². The normalized spacial score (nSPS) is 16.0. The molecular weight excluding hydrogens is 383 g/mol. The molecule has 3 N–H and O–H groups in total. The molecule has 0 bridgehead atoms. The van der Waals surface area contributed by atoms with Crippen LogP contribution in [-0.2, 0) is 12.7 Å². The Hall–Kier alpha value is -2.65. The number of rotatable bonds is 4. The van der Waals surface area contributed by atoms with Gasteiger partial charge in [-0.15, -0.1) is 0 Å². The number of aromatic nitrogens is 1. The van der Waals surface area contributed by atoms with Gasteiger partial charge in [0, 0.05) is 38.3 Å². The van der Waals surface area contributed by atoms with Gasteiger partial charge in [0.2, 0.25) is 0 Å². The van der Waals surface area contributed by atoms with Gasteiger partial charge in [0.25, 0.3) is 5.91 Å². The summed E-state index contributed by atoms with van der Waals surface area (Å²) >= 11 is 0. The first-order valence-corrected chi connectivity index (χ1v) is 9.28. The van der Waals surface area contributed by atoms with Crippen molar-refractivity contribution < 1.29 is 18.0 Å². The summed E-state index contributed by atoms with van der Waals surface area (Å²) in [6.07, 6.45) is -3.13. The third kappa shape index (κ3) is 5.24. The number of aryl methyl sites for hydroxylation is 1. The molecule has 2 aromatic rings. The van der Waals surface area contributed by atoms with Crippen LogP contribution in [0.25, 0.3) is 0 Å². The van der Waals surface area contributed by atoms with Gasteiger partial charge in [-0.05, 0) is 37.7 Å². The number of anilines is 2. The lowest BCUT2D eigenvalue weighted by Crippen LogP contribution is -2.44. The second-order valence-electron chi connectivity index (χ2n) is 7.30. The van der Waals surface area contributed by atoms with Crippen molar-refractivity contribution in [2.75, 3.05) is 44.3 Å². The van der Waals surface area contributed by atoms with E-state index in [0.717, 1.165) is 19.2 Å². The van der Waals surface area contributed by atoms with Crippen molar-refractivity contribution >= 4 is 17.3 Å². The summed E-state index contributed by atoms with van der Waals surface area (Å²) in [5.74, 6) is -0.647. The fourth-order valence-corrected chi connectivity index (χ4v) is 3.19. The Morgan fingerprint density at radius 1 is 1.21 bits per heavy atom. The number of hydrogen-bond donors (Lipinski definition) is 2. The smallest absolute Gasteiger partial charge is 0.397 e. The molecule has 3 rings (SSSR count).